The highest BCUT2D eigenvalue weighted by Gasteiger charge is 2.42. The van der Waals surface area contributed by atoms with E-state index in [1.54, 1.807) is 6.07 Å². The summed E-state index contributed by atoms with van der Waals surface area (Å²) in [5, 5.41) is 23.6. The van der Waals surface area contributed by atoms with Crippen LogP contribution in [0.4, 0.5) is 22.8 Å². The van der Waals surface area contributed by atoms with E-state index in [1.807, 2.05) is 0 Å². The van der Waals surface area contributed by atoms with E-state index in [2.05, 4.69) is 5.10 Å². The van der Waals surface area contributed by atoms with E-state index < -0.39 is 30.0 Å². The van der Waals surface area contributed by atoms with E-state index in [4.69, 9.17) is 0 Å². The third-order valence-electron chi connectivity index (χ3n) is 6.53. The lowest BCUT2D eigenvalue weighted by Gasteiger charge is -2.35. The van der Waals surface area contributed by atoms with E-state index in [1.165, 1.54) is 16.8 Å². The Morgan fingerprint density at radius 3 is 2.44 bits per heavy atom. The number of hydrogen-bond donors (Lipinski definition) is 2. The van der Waals surface area contributed by atoms with E-state index in [0.717, 1.165) is 22.6 Å². The SMILES string of the molecule is O=C(O)N1CCc2nn(-c3ccc(C4CC4)cc3C(F)(F)F)c3c2C(C1)N(C(=O)O)CC3. The van der Waals surface area contributed by atoms with Crippen LogP contribution in [0.2, 0.25) is 0 Å². The fraction of sp³-hybridized carbons (Fsp3) is 0.476. The standard InChI is InChI=1S/C21H21F3N4O4/c22-21(23,24)13-9-12(11-1-2-11)3-4-15(13)28-16-6-8-27(20(31)32)17-10-26(19(29)30)7-5-14(25-28)18(16)17/h3-4,9,11,17H,1-2,5-8,10H2,(H,29,30)(H,31,32). The van der Waals surface area contributed by atoms with Gasteiger partial charge in [-0.2, -0.15) is 18.3 Å². The van der Waals surface area contributed by atoms with Gasteiger partial charge in [-0.3, -0.25) is 4.90 Å². The zero-order valence-corrected chi connectivity index (χ0v) is 17.0. The van der Waals surface area contributed by atoms with Crippen LogP contribution in [0.3, 0.4) is 0 Å². The fourth-order valence-electron chi connectivity index (χ4n) is 4.83. The number of halogens is 3. The minimum absolute atomic E-state index is 0.0487. The van der Waals surface area contributed by atoms with Gasteiger partial charge >= 0.3 is 18.4 Å². The van der Waals surface area contributed by atoms with Gasteiger partial charge in [0.2, 0.25) is 0 Å². The molecule has 2 N–H and O–H groups in total. The average Bonchev–Trinajstić information content (AvgIpc) is 3.53. The summed E-state index contributed by atoms with van der Waals surface area (Å²) in [6.45, 7) is 0.0582. The summed E-state index contributed by atoms with van der Waals surface area (Å²) in [6.07, 6.45) is -4.79. The first kappa shape index (κ1) is 20.7. The van der Waals surface area contributed by atoms with Crippen LogP contribution in [-0.2, 0) is 19.0 Å². The molecule has 0 radical (unpaired) electrons. The molecule has 3 aliphatic rings. The van der Waals surface area contributed by atoms with Crippen LogP contribution >= 0.6 is 0 Å². The number of hydrogen-bond acceptors (Lipinski definition) is 3. The Bertz CT molecular complexity index is 1110. The predicted molar refractivity (Wildman–Crippen MR) is 105 cm³/mol. The van der Waals surface area contributed by atoms with Gasteiger partial charge in [-0.15, -0.1) is 0 Å². The van der Waals surface area contributed by atoms with Crippen LogP contribution in [-0.4, -0.2) is 61.6 Å². The molecule has 3 heterocycles. The Morgan fingerprint density at radius 2 is 1.81 bits per heavy atom. The Hall–Kier alpha value is -3.24. The smallest absolute Gasteiger partial charge is 0.418 e. The Balaban J connectivity index is 1.65. The summed E-state index contributed by atoms with van der Waals surface area (Å²) < 4.78 is 43.2. The van der Waals surface area contributed by atoms with Crippen molar-refractivity contribution in [3.05, 3.63) is 46.3 Å². The maximum atomic E-state index is 14.0. The summed E-state index contributed by atoms with van der Waals surface area (Å²) in [4.78, 5) is 25.7. The first-order valence-corrected chi connectivity index (χ1v) is 10.4. The molecule has 2 aliphatic heterocycles. The number of benzene rings is 1. The lowest BCUT2D eigenvalue weighted by Crippen LogP contribution is -2.45. The second-order valence-electron chi connectivity index (χ2n) is 8.49. The number of rotatable bonds is 2. The number of nitrogens with zero attached hydrogens (tertiary/aromatic N) is 4. The molecule has 5 rings (SSSR count). The van der Waals surface area contributed by atoms with Crippen LogP contribution in [0.25, 0.3) is 5.69 Å². The normalized spacial score (nSPS) is 20.7. The average molecular weight is 450 g/mol. The van der Waals surface area contributed by atoms with Crippen LogP contribution < -0.4 is 0 Å². The molecule has 2 amide bonds. The molecular weight excluding hydrogens is 429 g/mol. The number of alkyl halides is 3. The van der Waals surface area contributed by atoms with Crippen molar-refractivity contribution >= 4 is 12.2 Å². The van der Waals surface area contributed by atoms with Gasteiger partial charge < -0.3 is 15.1 Å². The van der Waals surface area contributed by atoms with Crippen molar-refractivity contribution < 1.29 is 33.0 Å². The number of aromatic nitrogens is 2. The van der Waals surface area contributed by atoms with Crippen molar-refractivity contribution in [2.75, 3.05) is 19.6 Å². The maximum absolute atomic E-state index is 14.0. The van der Waals surface area contributed by atoms with Crippen molar-refractivity contribution in [1.82, 2.24) is 19.6 Å². The molecular formula is C21H21F3N4O4. The third-order valence-corrected chi connectivity index (χ3v) is 6.53. The highest BCUT2D eigenvalue weighted by atomic mass is 19.4. The second kappa shape index (κ2) is 7.14. The Kier molecular flexibility index (Phi) is 4.61. The monoisotopic (exact) mass is 450 g/mol. The van der Waals surface area contributed by atoms with Crippen molar-refractivity contribution in [1.29, 1.82) is 0 Å². The summed E-state index contributed by atoms with van der Waals surface area (Å²) in [5.74, 6) is 0.161. The molecule has 1 atom stereocenters. The summed E-state index contributed by atoms with van der Waals surface area (Å²) >= 11 is 0. The first-order valence-electron chi connectivity index (χ1n) is 10.4. The van der Waals surface area contributed by atoms with Crippen LogP contribution in [0.15, 0.2) is 18.2 Å². The summed E-state index contributed by atoms with van der Waals surface area (Å²) in [6, 6.07) is 3.54. The highest BCUT2D eigenvalue weighted by molar-refractivity contribution is 5.68. The van der Waals surface area contributed by atoms with Gasteiger partial charge in [-0.25, -0.2) is 14.3 Å². The van der Waals surface area contributed by atoms with E-state index >= 15 is 0 Å². The second-order valence-corrected chi connectivity index (χ2v) is 8.49. The molecule has 1 fully saturated rings. The number of carbonyl (C=O) groups is 2. The zero-order chi connectivity index (χ0) is 22.8. The number of amides is 2. The molecule has 1 saturated carbocycles. The summed E-state index contributed by atoms with van der Waals surface area (Å²) in [7, 11) is 0. The van der Waals surface area contributed by atoms with Crippen LogP contribution in [0.5, 0.6) is 0 Å². The molecule has 2 aromatic rings. The van der Waals surface area contributed by atoms with E-state index in [-0.39, 0.29) is 44.1 Å². The predicted octanol–water partition coefficient (Wildman–Crippen LogP) is 3.88. The molecule has 8 nitrogen and oxygen atoms in total. The van der Waals surface area contributed by atoms with Gasteiger partial charge in [0.05, 0.1) is 28.7 Å². The van der Waals surface area contributed by atoms with Gasteiger partial charge in [-0.05, 0) is 36.5 Å². The van der Waals surface area contributed by atoms with Crippen molar-refractivity contribution in [3.63, 3.8) is 0 Å². The molecule has 170 valence electrons. The van der Waals surface area contributed by atoms with Crippen molar-refractivity contribution in [3.8, 4) is 5.69 Å². The highest BCUT2D eigenvalue weighted by Crippen LogP contribution is 2.44. The van der Waals surface area contributed by atoms with Crippen LogP contribution in [0, 0.1) is 0 Å². The first-order chi connectivity index (χ1) is 15.1. The van der Waals surface area contributed by atoms with Crippen LogP contribution in [0.1, 0.15) is 52.9 Å². The fourth-order valence-corrected chi connectivity index (χ4v) is 4.83. The lowest BCUT2D eigenvalue weighted by molar-refractivity contribution is -0.137. The van der Waals surface area contributed by atoms with Crippen molar-refractivity contribution in [2.24, 2.45) is 0 Å². The molecule has 1 aromatic heterocycles. The van der Waals surface area contributed by atoms with E-state index in [9.17, 15) is 33.0 Å². The van der Waals surface area contributed by atoms with Crippen molar-refractivity contribution in [2.45, 2.75) is 43.8 Å². The minimum atomic E-state index is -4.57. The van der Waals surface area contributed by atoms with Gasteiger partial charge in [0.25, 0.3) is 0 Å². The molecule has 1 aromatic carbocycles. The third kappa shape index (κ3) is 3.35. The summed E-state index contributed by atoms with van der Waals surface area (Å²) in [5.41, 5.74) is 1.30. The lowest BCUT2D eigenvalue weighted by atomic mass is 9.96. The van der Waals surface area contributed by atoms with Gasteiger partial charge in [0.1, 0.15) is 0 Å². The van der Waals surface area contributed by atoms with E-state index in [0.29, 0.717) is 22.5 Å². The molecule has 1 aliphatic carbocycles. The van der Waals surface area contributed by atoms with Gasteiger partial charge in [0.15, 0.2) is 0 Å². The molecule has 11 heteroatoms. The minimum Gasteiger partial charge on any atom is -0.465 e. The molecule has 1 unspecified atom stereocenters. The Labute approximate surface area is 180 Å². The molecule has 32 heavy (non-hydrogen) atoms. The molecule has 0 saturated heterocycles. The van der Waals surface area contributed by atoms with Gasteiger partial charge in [0, 0.05) is 38.0 Å². The zero-order valence-electron chi connectivity index (χ0n) is 17.0. The Morgan fingerprint density at radius 1 is 1.06 bits per heavy atom. The topological polar surface area (TPSA) is 98.9 Å². The molecule has 0 bridgehead atoms. The number of carboxylic acid groups (broad SMARTS) is 2. The quantitative estimate of drug-likeness (QED) is 0.724. The molecule has 0 spiro atoms. The largest absolute Gasteiger partial charge is 0.465 e. The van der Waals surface area contributed by atoms with Gasteiger partial charge in [-0.1, -0.05) is 6.07 Å². The maximum Gasteiger partial charge on any atom is 0.418 e.